The summed E-state index contributed by atoms with van der Waals surface area (Å²) in [4.78, 5) is 20.0. The number of hydrogen-bond donors (Lipinski definition) is 1. The summed E-state index contributed by atoms with van der Waals surface area (Å²) in [5, 5.41) is 7.90. The topological polar surface area (TPSA) is 81.9 Å². The largest absolute Gasteiger partial charge is 0.459 e. The van der Waals surface area contributed by atoms with E-state index >= 15 is 0 Å². The van der Waals surface area contributed by atoms with Crippen molar-refractivity contribution >= 4 is 38.8 Å². The van der Waals surface area contributed by atoms with Gasteiger partial charge in [-0.25, -0.2) is 14.6 Å². The van der Waals surface area contributed by atoms with Gasteiger partial charge < -0.3 is 10.1 Å². The van der Waals surface area contributed by atoms with Crippen LogP contribution in [0.2, 0.25) is 0 Å². The Morgan fingerprint density at radius 2 is 2.15 bits per heavy atom. The van der Waals surface area contributed by atoms with Crippen LogP contribution < -0.4 is 5.32 Å². The quantitative estimate of drug-likeness (QED) is 0.858. The molecule has 2 aromatic heterocycles. The smallest absolute Gasteiger partial charge is 0.325 e. The van der Waals surface area contributed by atoms with Crippen LogP contribution in [0, 0.1) is 0 Å². The van der Waals surface area contributed by atoms with Crippen LogP contribution in [0.4, 0.5) is 5.82 Å². The minimum absolute atomic E-state index is 0.0325. The molecule has 0 fully saturated rings. The first-order valence-electron chi connectivity index (χ1n) is 6.07. The Morgan fingerprint density at radius 3 is 2.80 bits per heavy atom. The molecular weight excluding hydrogens is 326 g/mol. The van der Waals surface area contributed by atoms with Gasteiger partial charge in [0, 0.05) is 7.05 Å². The summed E-state index contributed by atoms with van der Waals surface area (Å²) in [5.41, 5.74) is 0.174. The molecule has 1 N–H and O–H groups in total. The molecule has 2 heterocycles. The Morgan fingerprint density at radius 1 is 1.45 bits per heavy atom. The van der Waals surface area contributed by atoms with Gasteiger partial charge in [0.05, 0.1) is 5.39 Å². The van der Waals surface area contributed by atoms with Crippen molar-refractivity contribution in [2.75, 3.05) is 11.9 Å². The normalized spacial score (nSPS) is 11.7. The summed E-state index contributed by atoms with van der Waals surface area (Å²) >= 11 is 3.36. The molecule has 0 aliphatic rings. The maximum absolute atomic E-state index is 11.7. The number of fused-ring (bicyclic) bond motifs is 1. The van der Waals surface area contributed by atoms with E-state index in [9.17, 15) is 4.79 Å². The maximum atomic E-state index is 11.7. The first-order chi connectivity index (χ1) is 9.28. The molecule has 108 valence electrons. The summed E-state index contributed by atoms with van der Waals surface area (Å²) in [7, 11) is 1.79. The van der Waals surface area contributed by atoms with Gasteiger partial charge in [-0.05, 0) is 36.7 Å². The third-order valence-electron chi connectivity index (χ3n) is 2.40. The number of carbonyl (C=O) groups excluding carboxylic acids is 1. The number of halogens is 1. The van der Waals surface area contributed by atoms with Crippen LogP contribution in [0.1, 0.15) is 20.8 Å². The van der Waals surface area contributed by atoms with Gasteiger partial charge in [0.1, 0.15) is 28.9 Å². The molecule has 20 heavy (non-hydrogen) atoms. The van der Waals surface area contributed by atoms with Crippen LogP contribution in [-0.4, -0.2) is 37.9 Å². The van der Waals surface area contributed by atoms with Crippen LogP contribution in [0.25, 0.3) is 11.0 Å². The number of anilines is 1. The molecule has 0 aromatic carbocycles. The minimum atomic E-state index is -0.505. The molecule has 0 saturated heterocycles. The number of ether oxygens (including phenoxy) is 1. The van der Waals surface area contributed by atoms with E-state index in [1.54, 1.807) is 11.7 Å². The van der Waals surface area contributed by atoms with Gasteiger partial charge in [0.2, 0.25) is 0 Å². The maximum Gasteiger partial charge on any atom is 0.325 e. The monoisotopic (exact) mass is 341 g/mol. The fraction of sp³-hybridized carbons (Fsp3) is 0.500. The van der Waals surface area contributed by atoms with Crippen molar-refractivity contribution < 1.29 is 9.53 Å². The van der Waals surface area contributed by atoms with Crippen LogP contribution in [-0.2, 0) is 16.6 Å². The molecule has 0 amide bonds. The molecule has 0 bridgehead atoms. The molecule has 0 atom stereocenters. The lowest BCUT2D eigenvalue weighted by molar-refractivity contribution is -0.152. The number of carbonyl (C=O) groups is 1. The van der Waals surface area contributed by atoms with E-state index < -0.39 is 5.60 Å². The van der Waals surface area contributed by atoms with E-state index in [1.807, 2.05) is 20.8 Å². The Hall–Kier alpha value is -1.70. The van der Waals surface area contributed by atoms with Crippen molar-refractivity contribution in [3.63, 3.8) is 0 Å². The van der Waals surface area contributed by atoms with E-state index in [-0.39, 0.29) is 12.5 Å². The molecule has 0 aliphatic carbocycles. The average Bonchev–Trinajstić information content (AvgIpc) is 2.61. The SMILES string of the molecule is Cn1nc(Br)c2c(NCC(=O)OC(C)(C)C)ncnc21. The zero-order chi connectivity index (χ0) is 14.9. The highest BCUT2D eigenvalue weighted by Gasteiger charge is 2.18. The molecule has 0 saturated carbocycles. The fourth-order valence-electron chi connectivity index (χ4n) is 1.71. The molecule has 7 nitrogen and oxygen atoms in total. The molecule has 2 aromatic rings. The average molecular weight is 342 g/mol. The second-order valence-electron chi connectivity index (χ2n) is 5.28. The summed E-state index contributed by atoms with van der Waals surface area (Å²) in [6.45, 7) is 5.51. The Balaban J connectivity index is 2.17. The lowest BCUT2D eigenvalue weighted by atomic mass is 10.2. The van der Waals surface area contributed by atoms with Crippen molar-refractivity contribution in [3.05, 3.63) is 10.9 Å². The van der Waals surface area contributed by atoms with Gasteiger partial charge in [-0.3, -0.25) is 4.79 Å². The predicted molar refractivity (Wildman–Crippen MR) is 78.3 cm³/mol. The molecule has 8 heteroatoms. The zero-order valence-electron chi connectivity index (χ0n) is 11.8. The number of hydrogen-bond acceptors (Lipinski definition) is 6. The van der Waals surface area contributed by atoms with Crippen LogP contribution >= 0.6 is 15.9 Å². The minimum Gasteiger partial charge on any atom is -0.459 e. The molecule has 0 spiro atoms. The first-order valence-corrected chi connectivity index (χ1v) is 6.86. The third kappa shape index (κ3) is 3.24. The van der Waals surface area contributed by atoms with Crippen LogP contribution in [0.5, 0.6) is 0 Å². The van der Waals surface area contributed by atoms with Crippen molar-refractivity contribution in [3.8, 4) is 0 Å². The highest BCUT2D eigenvalue weighted by molar-refractivity contribution is 9.10. The molecule has 0 aliphatic heterocycles. The van der Waals surface area contributed by atoms with Crippen molar-refractivity contribution in [2.24, 2.45) is 7.05 Å². The predicted octanol–water partition coefficient (Wildman–Crippen LogP) is 1.88. The van der Waals surface area contributed by atoms with Gasteiger partial charge in [-0.15, -0.1) is 0 Å². The highest BCUT2D eigenvalue weighted by atomic mass is 79.9. The fourth-order valence-corrected chi connectivity index (χ4v) is 2.31. The van der Waals surface area contributed by atoms with Gasteiger partial charge in [-0.2, -0.15) is 5.10 Å². The van der Waals surface area contributed by atoms with Crippen LogP contribution in [0.3, 0.4) is 0 Å². The lowest BCUT2D eigenvalue weighted by Gasteiger charge is -2.19. The zero-order valence-corrected chi connectivity index (χ0v) is 13.4. The van der Waals surface area contributed by atoms with E-state index in [0.717, 1.165) is 5.39 Å². The molecule has 0 unspecified atom stereocenters. The Kier molecular flexibility index (Phi) is 3.94. The number of aryl methyl sites for hydroxylation is 1. The van der Waals surface area contributed by atoms with Crippen molar-refractivity contribution in [1.29, 1.82) is 0 Å². The van der Waals surface area contributed by atoms with Crippen LogP contribution in [0.15, 0.2) is 10.9 Å². The molecule has 2 rings (SSSR count). The number of esters is 1. The molecular formula is C12H16BrN5O2. The first kappa shape index (κ1) is 14.7. The number of nitrogens with zero attached hydrogens (tertiary/aromatic N) is 4. The second-order valence-corrected chi connectivity index (χ2v) is 6.03. The summed E-state index contributed by atoms with van der Waals surface area (Å²) < 4.78 is 7.50. The van der Waals surface area contributed by atoms with Crippen molar-refractivity contribution in [2.45, 2.75) is 26.4 Å². The van der Waals surface area contributed by atoms with Gasteiger partial charge >= 0.3 is 5.97 Å². The summed E-state index contributed by atoms with van der Waals surface area (Å²) in [6.07, 6.45) is 1.42. The summed E-state index contributed by atoms with van der Waals surface area (Å²) in [5.74, 6) is 0.199. The Labute approximate surface area is 124 Å². The van der Waals surface area contributed by atoms with E-state index in [4.69, 9.17) is 4.74 Å². The van der Waals surface area contributed by atoms with E-state index in [1.165, 1.54) is 6.33 Å². The van der Waals surface area contributed by atoms with Crippen molar-refractivity contribution in [1.82, 2.24) is 19.7 Å². The number of rotatable bonds is 3. The third-order valence-corrected chi connectivity index (χ3v) is 2.95. The number of nitrogens with one attached hydrogen (secondary N) is 1. The second kappa shape index (κ2) is 5.35. The highest BCUT2D eigenvalue weighted by Crippen LogP contribution is 2.26. The summed E-state index contributed by atoms with van der Waals surface area (Å²) in [6, 6.07) is 0. The molecule has 0 radical (unpaired) electrons. The lowest BCUT2D eigenvalue weighted by Crippen LogP contribution is -2.28. The van der Waals surface area contributed by atoms with E-state index in [2.05, 4.69) is 36.3 Å². The number of aromatic nitrogens is 4. The van der Waals surface area contributed by atoms with Gasteiger partial charge in [0.15, 0.2) is 5.65 Å². The Bertz CT molecular complexity index is 647. The van der Waals surface area contributed by atoms with Gasteiger partial charge in [-0.1, -0.05) is 0 Å². The standard InChI is InChI=1S/C12H16BrN5O2/c1-12(2,3)20-7(19)5-14-10-8-9(13)17-18(4)11(8)16-6-15-10/h6H,5H2,1-4H3,(H,14,15,16). The van der Waals surface area contributed by atoms with Gasteiger partial charge in [0.25, 0.3) is 0 Å². The van der Waals surface area contributed by atoms with E-state index in [0.29, 0.717) is 16.1 Å².